The van der Waals surface area contributed by atoms with E-state index in [1.54, 1.807) is 0 Å². The van der Waals surface area contributed by atoms with Crippen LogP contribution in [-0.4, -0.2) is 17.7 Å². The van der Waals surface area contributed by atoms with Crippen LogP contribution in [0.4, 0.5) is 8.78 Å². The maximum atomic E-state index is 13.5. The van der Waals surface area contributed by atoms with Crippen molar-refractivity contribution in [3.63, 3.8) is 0 Å². The second-order valence-electron chi connectivity index (χ2n) is 3.81. The number of halogens is 2. The van der Waals surface area contributed by atoms with Gasteiger partial charge in [-0.05, 0) is 18.6 Å². The first kappa shape index (κ1) is 13.5. The Kier molecular flexibility index (Phi) is 4.94. The van der Waals surface area contributed by atoms with Crippen LogP contribution in [0.2, 0.25) is 0 Å². The van der Waals surface area contributed by atoms with Crippen LogP contribution in [0.1, 0.15) is 36.5 Å². The van der Waals surface area contributed by atoms with Gasteiger partial charge in [-0.2, -0.15) is 0 Å². The summed E-state index contributed by atoms with van der Waals surface area (Å²) < 4.78 is 26.3. The van der Waals surface area contributed by atoms with E-state index in [9.17, 15) is 18.4 Å². The van der Waals surface area contributed by atoms with Gasteiger partial charge in [0.15, 0.2) is 5.78 Å². The van der Waals surface area contributed by atoms with Gasteiger partial charge in [0.2, 0.25) is 12.0 Å². The third-order valence-electron chi connectivity index (χ3n) is 2.40. The Morgan fingerprint density at radius 3 is 2.65 bits per heavy atom. The molecule has 2 nitrogen and oxygen atoms in total. The molecule has 0 N–H and O–H groups in total. The number of Topliss-reactive ketones (excluding diaryl/α,β-unsaturated/α-hetero) is 2. The Bertz CT molecular complexity index is 416. The number of unbranched alkanes of at least 4 members (excludes halogenated alkanes) is 1. The zero-order valence-corrected chi connectivity index (χ0v) is 9.58. The Morgan fingerprint density at radius 1 is 1.35 bits per heavy atom. The van der Waals surface area contributed by atoms with Gasteiger partial charge in [-0.15, -0.1) is 0 Å². The third kappa shape index (κ3) is 3.73. The summed E-state index contributed by atoms with van der Waals surface area (Å²) in [6.07, 6.45) is -0.829. The van der Waals surface area contributed by atoms with Gasteiger partial charge >= 0.3 is 0 Å². The Balaban J connectivity index is 2.72. The van der Waals surface area contributed by atoms with Crippen LogP contribution in [0, 0.1) is 5.82 Å². The van der Waals surface area contributed by atoms with Gasteiger partial charge in [-0.25, -0.2) is 8.78 Å². The van der Waals surface area contributed by atoms with Gasteiger partial charge in [0, 0.05) is 12.0 Å². The van der Waals surface area contributed by atoms with Crippen LogP contribution >= 0.6 is 0 Å². The lowest BCUT2D eigenvalue weighted by atomic mass is 10.0. The molecule has 0 fully saturated rings. The molecule has 1 atom stereocenters. The highest BCUT2D eigenvalue weighted by Gasteiger charge is 2.26. The summed E-state index contributed by atoms with van der Waals surface area (Å²) >= 11 is 0. The highest BCUT2D eigenvalue weighted by Crippen LogP contribution is 2.11. The van der Waals surface area contributed by atoms with Crippen molar-refractivity contribution in [2.24, 2.45) is 0 Å². The Labute approximate surface area is 98.6 Å². The lowest BCUT2D eigenvalue weighted by Crippen LogP contribution is -2.25. The molecule has 1 rings (SSSR count). The minimum absolute atomic E-state index is 0.0404. The molecule has 0 radical (unpaired) electrons. The smallest absolute Gasteiger partial charge is 0.220 e. The summed E-state index contributed by atoms with van der Waals surface area (Å²) in [4.78, 5) is 22.9. The van der Waals surface area contributed by atoms with Crippen molar-refractivity contribution in [3.05, 3.63) is 35.6 Å². The molecule has 0 spiro atoms. The first-order valence-corrected chi connectivity index (χ1v) is 5.52. The predicted molar refractivity (Wildman–Crippen MR) is 60.2 cm³/mol. The normalized spacial score (nSPS) is 12.2. The van der Waals surface area contributed by atoms with E-state index in [1.165, 1.54) is 12.1 Å². The quantitative estimate of drug-likeness (QED) is 0.565. The zero-order chi connectivity index (χ0) is 12.8. The van der Waals surface area contributed by atoms with Crippen molar-refractivity contribution in [2.45, 2.75) is 32.4 Å². The van der Waals surface area contributed by atoms with E-state index in [2.05, 4.69) is 0 Å². The molecule has 1 unspecified atom stereocenters. The first-order valence-electron chi connectivity index (χ1n) is 5.52. The Morgan fingerprint density at radius 2 is 2.06 bits per heavy atom. The van der Waals surface area contributed by atoms with Gasteiger partial charge < -0.3 is 0 Å². The Hall–Kier alpha value is -1.58. The topological polar surface area (TPSA) is 34.1 Å². The number of carbonyl (C=O) groups excluding carboxylic acids is 2. The van der Waals surface area contributed by atoms with Crippen molar-refractivity contribution >= 4 is 11.6 Å². The number of hydrogen-bond acceptors (Lipinski definition) is 2. The van der Waals surface area contributed by atoms with E-state index in [-0.39, 0.29) is 12.0 Å². The average Bonchev–Trinajstić information content (AvgIpc) is 2.34. The molecule has 0 amide bonds. The molecule has 0 bridgehead atoms. The van der Waals surface area contributed by atoms with Crippen LogP contribution in [0.15, 0.2) is 24.3 Å². The molecule has 92 valence electrons. The largest absolute Gasteiger partial charge is 0.296 e. The number of alkyl halides is 1. The van der Waals surface area contributed by atoms with E-state index < -0.39 is 23.6 Å². The molecule has 0 saturated carbocycles. The van der Waals surface area contributed by atoms with E-state index >= 15 is 0 Å². The van der Waals surface area contributed by atoms with Gasteiger partial charge in [0.05, 0.1) is 0 Å². The predicted octanol–water partition coefficient (Wildman–Crippen LogP) is 3.11. The lowest BCUT2D eigenvalue weighted by molar-refractivity contribution is -0.122. The molecule has 0 aliphatic carbocycles. The number of ketones is 2. The van der Waals surface area contributed by atoms with Gasteiger partial charge in [-0.1, -0.05) is 25.5 Å². The molecule has 0 aliphatic rings. The van der Waals surface area contributed by atoms with E-state index in [1.807, 2.05) is 6.92 Å². The molecule has 1 aromatic rings. The molecule has 1 aromatic carbocycles. The van der Waals surface area contributed by atoms with Crippen molar-refractivity contribution in [3.8, 4) is 0 Å². The number of benzene rings is 1. The molecule has 0 aromatic heterocycles. The molecule has 4 heteroatoms. The van der Waals surface area contributed by atoms with Crippen LogP contribution in [0.5, 0.6) is 0 Å². The second-order valence-corrected chi connectivity index (χ2v) is 3.81. The van der Waals surface area contributed by atoms with Crippen LogP contribution < -0.4 is 0 Å². The van der Waals surface area contributed by atoms with Gasteiger partial charge in [-0.3, -0.25) is 9.59 Å². The van der Waals surface area contributed by atoms with E-state index in [4.69, 9.17) is 0 Å². The highest BCUT2D eigenvalue weighted by atomic mass is 19.1. The average molecular weight is 240 g/mol. The van der Waals surface area contributed by atoms with Crippen molar-refractivity contribution in [1.82, 2.24) is 0 Å². The molecule has 0 heterocycles. The minimum atomic E-state index is -2.18. The third-order valence-corrected chi connectivity index (χ3v) is 2.40. The second kappa shape index (κ2) is 6.23. The van der Waals surface area contributed by atoms with Crippen molar-refractivity contribution < 1.29 is 18.4 Å². The monoisotopic (exact) mass is 240 g/mol. The van der Waals surface area contributed by atoms with E-state index in [0.717, 1.165) is 18.6 Å². The lowest BCUT2D eigenvalue weighted by Gasteiger charge is -2.06. The van der Waals surface area contributed by atoms with Gasteiger partial charge in [0.25, 0.3) is 0 Å². The standard InChI is InChI=1S/C13H14F2O2/c1-2-3-7-11(16)12(15)13(17)9-5-4-6-10(14)8-9/h4-6,8,12H,2-3,7H2,1H3. The summed E-state index contributed by atoms with van der Waals surface area (Å²) in [5.74, 6) is -2.32. The van der Waals surface area contributed by atoms with Crippen LogP contribution in [-0.2, 0) is 4.79 Å². The number of rotatable bonds is 6. The SMILES string of the molecule is CCCCC(=O)C(F)C(=O)c1cccc(F)c1. The van der Waals surface area contributed by atoms with Crippen molar-refractivity contribution in [2.75, 3.05) is 0 Å². The highest BCUT2D eigenvalue weighted by molar-refractivity contribution is 6.13. The van der Waals surface area contributed by atoms with Crippen molar-refractivity contribution in [1.29, 1.82) is 0 Å². The summed E-state index contributed by atoms with van der Waals surface area (Å²) in [5.41, 5.74) is -0.109. The summed E-state index contributed by atoms with van der Waals surface area (Å²) in [6, 6.07) is 4.70. The fraction of sp³-hybridized carbons (Fsp3) is 0.385. The van der Waals surface area contributed by atoms with Crippen LogP contribution in [0.3, 0.4) is 0 Å². The molecule has 0 aliphatic heterocycles. The molecule has 17 heavy (non-hydrogen) atoms. The molecular weight excluding hydrogens is 226 g/mol. The fourth-order valence-corrected chi connectivity index (χ4v) is 1.41. The van der Waals surface area contributed by atoms with Gasteiger partial charge in [0.1, 0.15) is 5.82 Å². The number of carbonyl (C=O) groups is 2. The van der Waals surface area contributed by atoms with E-state index in [0.29, 0.717) is 6.42 Å². The molecule has 0 saturated heterocycles. The van der Waals surface area contributed by atoms with Crippen LogP contribution in [0.25, 0.3) is 0 Å². The number of hydrogen-bond donors (Lipinski definition) is 0. The minimum Gasteiger partial charge on any atom is -0.296 e. The molecular formula is C13H14F2O2. The zero-order valence-electron chi connectivity index (χ0n) is 9.58. The maximum absolute atomic E-state index is 13.5. The summed E-state index contributed by atoms with van der Waals surface area (Å²) in [7, 11) is 0. The maximum Gasteiger partial charge on any atom is 0.220 e. The fourth-order valence-electron chi connectivity index (χ4n) is 1.41. The summed E-state index contributed by atoms with van der Waals surface area (Å²) in [5, 5.41) is 0. The first-order chi connectivity index (χ1) is 8.06. The summed E-state index contributed by atoms with van der Waals surface area (Å²) in [6.45, 7) is 1.87.